The number of methoxy groups -OCH3 is 1. The van der Waals surface area contributed by atoms with Gasteiger partial charge in [-0.25, -0.2) is 0 Å². The van der Waals surface area contributed by atoms with Crippen LogP contribution >= 0.6 is 0 Å². The normalized spacial score (nSPS) is 29.6. The quantitative estimate of drug-likeness (QED) is 0.730. The second-order valence-electron chi connectivity index (χ2n) is 6.58. The fraction of sp³-hybridized carbons (Fsp3) is 0.857. The van der Waals surface area contributed by atoms with Crippen LogP contribution in [0, 0.1) is 22.7 Å². The fourth-order valence-electron chi connectivity index (χ4n) is 2.98. The molecule has 0 radical (unpaired) electrons. The maximum atomic E-state index is 12.1. The lowest BCUT2D eigenvalue weighted by Gasteiger charge is -2.15. The molecule has 5 nitrogen and oxygen atoms in total. The largest absolute Gasteiger partial charge is 0.481 e. The molecule has 0 bridgehead atoms. The van der Waals surface area contributed by atoms with E-state index in [0.717, 1.165) is 19.3 Å². The van der Waals surface area contributed by atoms with Gasteiger partial charge in [0.15, 0.2) is 0 Å². The summed E-state index contributed by atoms with van der Waals surface area (Å²) in [6.07, 6.45) is 3.19. The third-order valence-corrected chi connectivity index (χ3v) is 4.81. The van der Waals surface area contributed by atoms with E-state index in [9.17, 15) is 9.59 Å². The number of carboxylic acids is 1. The average Bonchev–Trinajstić information content (AvgIpc) is 3.20. The summed E-state index contributed by atoms with van der Waals surface area (Å²) in [5, 5.41) is 12.0. The summed E-state index contributed by atoms with van der Waals surface area (Å²) in [6.45, 7) is 5.04. The van der Waals surface area contributed by atoms with E-state index in [1.807, 2.05) is 13.8 Å². The topological polar surface area (TPSA) is 75.6 Å². The van der Waals surface area contributed by atoms with Gasteiger partial charge in [-0.15, -0.1) is 0 Å². The number of carbonyl (C=O) groups excluding carboxylic acids is 1. The van der Waals surface area contributed by atoms with Crippen LogP contribution in [0.3, 0.4) is 0 Å². The molecule has 1 amide bonds. The first-order chi connectivity index (χ1) is 8.84. The van der Waals surface area contributed by atoms with E-state index in [2.05, 4.69) is 5.32 Å². The van der Waals surface area contributed by atoms with E-state index in [1.54, 1.807) is 7.11 Å². The Morgan fingerprint density at radius 1 is 1.32 bits per heavy atom. The second kappa shape index (κ2) is 4.78. The Hall–Kier alpha value is -1.10. The van der Waals surface area contributed by atoms with Crippen molar-refractivity contribution in [2.24, 2.45) is 22.7 Å². The molecular weight excluding hydrogens is 246 g/mol. The zero-order valence-corrected chi connectivity index (χ0v) is 11.9. The Bertz CT molecular complexity index is 387. The molecule has 2 fully saturated rings. The van der Waals surface area contributed by atoms with Crippen molar-refractivity contribution in [1.29, 1.82) is 0 Å². The Morgan fingerprint density at radius 3 is 2.37 bits per heavy atom. The molecule has 2 unspecified atom stereocenters. The molecule has 19 heavy (non-hydrogen) atoms. The second-order valence-corrected chi connectivity index (χ2v) is 6.58. The standard InChI is InChI=1S/C14H23NO4/c1-13(2)9(10(13)12(17)18)11(16)15-8-14(4-5-14)6-7-19-3/h9-10H,4-8H2,1-3H3,(H,15,16)(H,17,18). The van der Waals surface area contributed by atoms with Gasteiger partial charge < -0.3 is 15.2 Å². The number of ether oxygens (including phenoxy) is 1. The third-order valence-electron chi connectivity index (χ3n) is 4.81. The summed E-state index contributed by atoms with van der Waals surface area (Å²) in [5.74, 6) is -1.91. The van der Waals surface area contributed by atoms with Crippen LogP contribution in [0.15, 0.2) is 0 Å². The minimum absolute atomic E-state index is 0.110. The van der Waals surface area contributed by atoms with Gasteiger partial charge in [0.25, 0.3) is 0 Å². The molecule has 0 aromatic heterocycles. The molecular formula is C14H23NO4. The Balaban J connectivity index is 1.82. The molecule has 0 spiro atoms. The fourth-order valence-corrected chi connectivity index (χ4v) is 2.98. The van der Waals surface area contributed by atoms with Gasteiger partial charge in [-0.1, -0.05) is 13.8 Å². The number of hydrogen-bond donors (Lipinski definition) is 2. The Labute approximate surface area is 113 Å². The van der Waals surface area contributed by atoms with Gasteiger partial charge in [-0.2, -0.15) is 0 Å². The summed E-state index contributed by atoms with van der Waals surface area (Å²) in [7, 11) is 1.68. The van der Waals surface area contributed by atoms with Crippen molar-refractivity contribution in [3.8, 4) is 0 Å². The molecule has 5 heteroatoms. The van der Waals surface area contributed by atoms with Crippen LogP contribution in [0.1, 0.15) is 33.1 Å². The Kier molecular flexibility index (Phi) is 3.60. The molecule has 2 atom stereocenters. The van der Waals surface area contributed by atoms with Crippen LogP contribution in [-0.4, -0.2) is 37.2 Å². The minimum Gasteiger partial charge on any atom is -0.481 e. The van der Waals surface area contributed by atoms with Crippen LogP contribution in [0.5, 0.6) is 0 Å². The number of hydrogen-bond acceptors (Lipinski definition) is 3. The molecule has 2 N–H and O–H groups in total. The highest BCUT2D eigenvalue weighted by Gasteiger charge is 2.66. The predicted molar refractivity (Wildman–Crippen MR) is 69.6 cm³/mol. The summed E-state index contributed by atoms with van der Waals surface area (Å²) >= 11 is 0. The lowest BCUT2D eigenvalue weighted by Crippen LogP contribution is -2.33. The van der Waals surface area contributed by atoms with E-state index in [-0.39, 0.29) is 17.2 Å². The molecule has 2 rings (SSSR count). The van der Waals surface area contributed by atoms with Crippen LogP contribution < -0.4 is 5.32 Å². The minimum atomic E-state index is -0.870. The lowest BCUT2D eigenvalue weighted by atomic mass is 10.0. The van der Waals surface area contributed by atoms with Crippen LogP contribution in [0.25, 0.3) is 0 Å². The van der Waals surface area contributed by atoms with Gasteiger partial charge in [-0.3, -0.25) is 9.59 Å². The molecule has 0 aromatic rings. The first-order valence-corrected chi connectivity index (χ1v) is 6.83. The van der Waals surface area contributed by atoms with E-state index >= 15 is 0 Å². The van der Waals surface area contributed by atoms with Gasteiger partial charge in [-0.05, 0) is 30.1 Å². The van der Waals surface area contributed by atoms with Crippen molar-refractivity contribution in [1.82, 2.24) is 5.32 Å². The van der Waals surface area contributed by atoms with Crippen molar-refractivity contribution >= 4 is 11.9 Å². The number of nitrogens with one attached hydrogen (secondary N) is 1. The molecule has 0 aromatic carbocycles. The summed E-state index contributed by atoms with van der Waals surface area (Å²) in [5.41, 5.74) is -0.220. The van der Waals surface area contributed by atoms with Gasteiger partial charge in [0, 0.05) is 20.3 Å². The maximum absolute atomic E-state index is 12.1. The summed E-state index contributed by atoms with van der Waals surface area (Å²) in [4.78, 5) is 23.1. The molecule has 2 saturated carbocycles. The van der Waals surface area contributed by atoms with Crippen LogP contribution in [0.4, 0.5) is 0 Å². The van der Waals surface area contributed by atoms with Crippen molar-refractivity contribution in [2.45, 2.75) is 33.1 Å². The first kappa shape index (κ1) is 14.3. The van der Waals surface area contributed by atoms with E-state index in [4.69, 9.17) is 9.84 Å². The highest BCUT2D eigenvalue weighted by Crippen LogP contribution is 2.58. The molecule has 0 saturated heterocycles. The van der Waals surface area contributed by atoms with Gasteiger partial charge in [0.2, 0.25) is 5.91 Å². The van der Waals surface area contributed by atoms with Crippen molar-refractivity contribution < 1.29 is 19.4 Å². The molecule has 2 aliphatic carbocycles. The highest BCUT2D eigenvalue weighted by atomic mass is 16.5. The summed E-state index contributed by atoms with van der Waals surface area (Å²) in [6, 6.07) is 0. The van der Waals surface area contributed by atoms with Gasteiger partial charge in [0.1, 0.15) is 0 Å². The number of amides is 1. The predicted octanol–water partition coefficient (Wildman–Crippen LogP) is 1.28. The van der Waals surface area contributed by atoms with Crippen molar-refractivity contribution in [3.05, 3.63) is 0 Å². The molecule has 0 aliphatic heterocycles. The monoisotopic (exact) mass is 269 g/mol. The summed E-state index contributed by atoms with van der Waals surface area (Å²) < 4.78 is 5.08. The maximum Gasteiger partial charge on any atom is 0.307 e. The smallest absolute Gasteiger partial charge is 0.307 e. The van der Waals surface area contributed by atoms with Crippen molar-refractivity contribution in [2.75, 3.05) is 20.3 Å². The molecule has 0 heterocycles. The molecule has 108 valence electrons. The van der Waals surface area contributed by atoms with Gasteiger partial charge in [0.05, 0.1) is 11.8 Å². The number of aliphatic carboxylic acids is 1. The molecule has 2 aliphatic rings. The zero-order valence-electron chi connectivity index (χ0n) is 11.9. The first-order valence-electron chi connectivity index (χ1n) is 6.83. The van der Waals surface area contributed by atoms with Crippen LogP contribution in [-0.2, 0) is 14.3 Å². The van der Waals surface area contributed by atoms with E-state index in [1.165, 1.54) is 0 Å². The van der Waals surface area contributed by atoms with E-state index < -0.39 is 17.3 Å². The third kappa shape index (κ3) is 2.76. The average molecular weight is 269 g/mol. The Morgan fingerprint density at radius 2 is 1.95 bits per heavy atom. The zero-order chi connectivity index (χ0) is 14.3. The SMILES string of the molecule is COCCC1(CNC(=O)C2C(C(=O)O)C2(C)C)CC1. The highest BCUT2D eigenvalue weighted by molar-refractivity contribution is 5.91. The number of carboxylic acid groups (broad SMARTS) is 1. The number of carbonyl (C=O) groups is 2. The van der Waals surface area contributed by atoms with E-state index in [0.29, 0.717) is 13.2 Å². The number of rotatable bonds is 7. The van der Waals surface area contributed by atoms with Crippen LogP contribution in [0.2, 0.25) is 0 Å². The van der Waals surface area contributed by atoms with Gasteiger partial charge >= 0.3 is 5.97 Å². The lowest BCUT2D eigenvalue weighted by molar-refractivity contribution is -0.140. The van der Waals surface area contributed by atoms with Crippen molar-refractivity contribution in [3.63, 3.8) is 0 Å².